The summed E-state index contributed by atoms with van der Waals surface area (Å²) < 4.78 is 31.1. The van der Waals surface area contributed by atoms with E-state index in [0.29, 0.717) is 21.5 Å². The average Bonchev–Trinajstić information content (AvgIpc) is 3.03. The van der Waals surface area contributed by atoms with E-state index in [2.05, 4.69) is 15.0 Å². The Kier molecular flexibility index (Phi) is 4.60. The highest BCUT2D eigenvalue weighted by Crippen LogP contribution is 2.34. The topological polar surface area (TPSA) is 125 Å². The Bertz CT molecular complexity index is 855. The van der Waals surface area contributed by atoms with Crippen LogP contribution in [-0.2, 0) is 14.8 Å². The molecule has 0 aromatic carbocycles. The van der Waals surface area contributed by atoms with Crippen LogP contribution in [0.1, 0.15) is 15.5 Å². The SMILES string of the molecule is CC(=O)Nc1nc(C)c(-c2ccc(S(=O)(=O)NCC#N)o2)s1.[HH].[HH]. The van der Waals surface area contributed by atoms with Gasteiger partial charge in [-0.15, -0.1) is 0 Å². The van der Waals surface area contributed by atoms with Gasteiger partial charge in [-0.05, 0) is 19.1 Å². The van der Waals surface area contributed by atoms with Crippen LogP contribution in [0.25, 0.3) is 10.6 Å². The molecule has 120 valence electrons. The number of nitriles is 1. The van der Waals surface area contributed by atoms with Crippen molar-refractivity contribution >= 4 is 32.4 Å². The Morgan fingerprint density at radius 3 is 2.91 bits per heavy atom. The normalized spacial score (nSPS) is 11.1. The molecule has 0 radical (unpaired) electrons. The van der Waals surface area contributed by atoms with Gasteiger partial charge in [-0.2, -0.15) is 9.98 Å². The fourth-order valence-corrected chi connectivity index (χ4v) is 3.43. The number of rotatable bonds is 5. The highest BCUT2D eigenvalue weighted by Gasteiger charge is 2.21. The van der Waals surface area contributed by atoms with Crippen LogP contribution in [-0.4, -0.2) is 25.9 Å². The van der Waals surface area contributed by atoms with Gasteiger partial charge in [0.25, 0.3) is 10.0 Å². The maximum absolute atomic E-state index is 11.8. The Hall–Kier alpha value is -2.22. The summed E-state index contributed by atoms with van der Waals surface area (Å²) in [7, 11) is -3.86. The van der Waals surface area contributed by atoms with Crippen molar-refractivity contribution in [3.63, 3.8) is 0 Å². The minimum atomic E-state index is -3.86. The number of aryl methyl sites for hydroxylation is 1. The van der Waals surface area contributed by atoms with Crippen LogP contribution in [0.5, 0.6) is 0 Å². The molecule has 0 aliphatic carbocycles. The van der Waals surface area contributed by atoms with Gasteiger partial charge in [0.15, 0.2) is 5.13 Å². The highest BCUT2D eigenvalue weighted by atomic mass is 32.2. The average molecular weight is 344 g/mol. The molecule has 2 heterocycles. The summed E-state index contributed by atoms with van der Waals surface area (Å²) in [4.78, 5) is 15.8. The predicted octanol–water partition coefficient (Wildman–Crippen LogP) is 1.96. The van der Waals surface area contributed by atoms with Gasteiger partial charge in [-0.1, -0.05) is 11.3 Å². The summed E-state index contributed by atoms with van der Waals surface area (Å²) >= 11 is 1.18. The summed E-state index contributed by atoms with van der Waals surface area (Å²) in [5.74, 6) is 0.0765. The summed E-state index contributed by atoms with van der Waals surface area (Å²) in [6.07, 6.45) is 0. The molecular formula is C12H16N4O4S2. The number of nitrogens with zero attached hydrogens (tertiary/aromatic N) is 2. The number of hydrogen-bond acceptors (Lipinski definition) is 7. The van der Waals surface area contributed by atoms with Crippen molar-refractivity contribution in [1.29, 1.82) is 5.26 Å². The second kappa shape index (κ2) is 6.27. The van der Waals surface area contributed by atoms with Crippen LogP contribution in [0.2, 0.25) is 0 Å². The van der Waals surface area contributed by atoms with E-state index in [9.17, 15) is 13.2 Å². The first-order valence-electron chi connectivity index (χ1n) is 6.05. The van der Waals surface area contributed by atoms with Crippen LogP contribution in [0.3, 0.4) is 0 Å². The first kappa shape index (κ1) is 16.2. The highest BCUT2D eigenvalue weighted by molar-refractivity contribution is 7.89. The Morgan fingerprint density at radius 2 is 2.27 bits per heavy atom. The van der Waals surface area contributed by atoms with E-state index >= 15 is 0 Å². The molecule has 0 aliphatic rings. The number of aromatic nitrogens is 1. The minimum absolute atomic E-state index is 0. The van der Waals surface area contributed by atoms with E-state index in [0.717, 1.165) is 0 Å². The van der Waals surface area contributed by atoms with Gasteiger partial charge in [0, 0.05) is 9.78 Å². The molecule has 1 amide bonds. The lowest BCUT2D eigenvalue weighted by Crippen LogP contribution is -2.23. The first-order valence-corrected chi connectivity index (χ1v) is 8.35. The van der Waals surface area contributed by atoms with E-state index in [-0.39, 0.29) is 20.4 Å². The molecule has 0 fully saturated rings. The van der Waals surface area contributed by atoms with E-state index in [1.165, 1.54) is 30.4 Å². The van der Waals surface area contributed by atoms with Crippen LogP contribution in [0.4, 0.5) is 5.13 Å². The van der Waals surface area contributed by atoms with Crippen LogP contribution >= 0.6 is 11.3 Å². The van der Waals surface area contributed by atoms with Gasteiger partial charge in [-0.25, -0.2) is 13.4 Å². The lowest BCUT2D eigenvalue weighted by atomic mass is 10.3. The van der Waals surface area contributed by atoms with Crippen LogP contribution < -0.4 is 10.0 Å². The molecule has 0 saturated carbocycles. The molecule has 2 N–H and O–H groups in total. The van der Waals surface area contributed by atoms with Gasteiger partial charge >= 0.3 is 0 Å². The minimum Gasteiger partial charge on any atom is -0.442 e. The quantitative estimate of drug-likeness (QED) is 0.799. The summed E-state index contributed by atoms with van der Waals surface area (Å²) in [6, 6.07) is 4.48. The second-order valence-electron chi connectivity index (χ2n) is 4.22. The van der Waals surface area contributed by atoms with Crippen molar-refractivity contribution in [3.8, 4) is 16.7 Å². The van der Waals surface area contributed by atoms with Gasteiger partial charge in [0.05, 0.1) is 23.2 Å². The van der Waals surface area contributed by atoms with Crippen molar-refractivity contribution in [2.75, 3.05) is 11.9 Å². The molecule has 2 rings (SSSR count). The number of carbonyl (C=O) groups excluding carboxylic acids is 1. The molecule has 8 nitrogen and oxygen atoms in total. The lowest BCUT2D eigenvalue weighted by Gasteiger charge is -1.98. The zero-order chi connectivity index (χ0) is 16.3. The smallest absolute Gasteiger partial charge is 0.274 e. The van der Waals surface area contributed by atoms with Gasteiger partial charge in [-0.3, -0.25) is 4.79 Å². The molecule has 0 spiro atoms. The molecule has 0 atom stereocenters. The monoisotopic (exact) mass is 344 g/mol. The molecule has 2 aromatic heterocycles. The lowest BCUT2D eigenvalue weighted by molar-refractivity contribution is -0.114. The third-order valence-corrected chi connectivity index (χ3v) is 4.85. The molecule has 0 unspecified atom stereocenters. The Labute approximate surface area is 133 Å². The van der Waals surface area contributed by atoms with Gasteiger partial charge in [0.2, 0.25) is 11.0 Å². The first-order chi connectivity index (χ1) is 10.3. The van der Waals surface area contributed by atoms with Crippen molar-refractivity contribution in [1.82, 2.24) is 9.71 Å². The molecular weight excluding hydrogens is 328 g/mol. The molecule has 2 aromatic rings. The van der Waals surface area contributed by atoms with Crippen molar-refractivity contribution in [2.45, 2.75) is 18.9 Å². The van der Waals surface area contributed by atoms with E-state index in [1.807, 2.05) is 0 Å². The molecule has 10 heteroatoms. The fourth-order valence-electron chi connectivity index (χ4n) is 1.61. The van der Waals surface area contributed by atoms with Crippen LogP contribution in [0.15, 0.2) is 21.6 Å². The van der Waals surface area contributed by atoms with Crippen molar-refractivity contribution < 1.29 is 20.5 Å². The number of thiazole rings is 1. The van der Waals surface area contributed by atoms with E-state index < -0.39 is 10.0 Å². The number of nitrogens with one attached hydrogen (secondary N) is 2. The summed E-state index contributed by atoms with van der Waals surface area (Å²) in [6.45, 7) is 2.75. The number of sulfonamides is 1. The number of carbonyl (C=O) groups is 1. The zero-order valence-electron chi connectivity index (χ0n) is 11.7. The molecule has 0 bridgehead atoms. The maximum Gasteiger partial charge on any atom is 0.274 e. The maximum atomic E-state index is 11.8. The van der Waals surface area contributed by atoms with Crippen molar-refractivity contribution in [3.05, 3.63) is 17.8 Å². The number of amides is 1. The third-order valence-electron chi connectivity index (χ3n) is 2.49. The largest absolute Gasteiger partial charge is 0.442 e. The number of furan rings is 1. The molecule has 0 saturated heterocycles. The summed E-state index contributed by atoms with van der Waals surface area (Å²) in [5, 5.41) is 11.1. The van der Waals surface area contributed by atoms with Gasteiger partial charge in [0.1, 0.15) is 5.76 Å². The van der Waals surface area contributed by atoms with Crippen LogP contribution in [0, 0.1) is 18.3 Å². The fraction of sp³-hybridized carbons (Fsp3) is 0.250. The molecule has 22 heavy (non-hydrogen) atoms. The standard InChI is InChI=1S/C12H12N4O4S2.2H2/c1-7-11(21-12(15-7)16-8(2)17)9-3-4-10(20-9)22(18,19)14-6-5-13;;/h3-4,14H,6H2,1-2H3,(H,15,16,17);2*1H. The van der Waals surface area contributed by atoms with E-state index in [4.69, 9.17) is 9.68 Å². The van der Waals surface area contributed by atoms with E-state index in [1.54, 1.807) is 13.0 Å². The Morgan fingerprint density at radius 1 is 1.55 bits per heavy atom. The predicted molar refractivity (Wildman–Crippen MR) is 83.9 cm³/mol. The summed E-state index contributed by atoms with van der Waals surface area (Å²) in [5.41, 5.74) is 0.608. The second-order valence-corrected chi connectivity index (χ2v) is 6.91. The molecule has 0 aliphatic heterocycles. The number of hydrogen-bond donors (Lipinski definition) is 2. The zero-order valence-corrected chi connectivity index (χ0v) is 13.3. The van der Waals surface area contributed by atoms with Crippen molar-refractivity contribution in [2.24, 2.45) is 0 Å². The Balaban J connectivity index is 0.00000264. The van der Waals surface area contributed by atoms with Gasteiger partial charge < -0.3 is 9.73 Å². The number of anilines is 1. The third kappa shape index (κ3) is 3.51.